The molecule has 37 heavy (non-hydrogen) atoms. The zero-order chi connectivity index (χ0) is 25.2. The summed E-state index contributed by atoms with van der Waals surface area (Å²) in [5.74, 6) is 1.62. The van der Waals surface area contributed by atoms with Crippen LogP contribution in [0.5, 0.6) is 5.75 Å². The molecule has 4 aliphatic rings. The van der Waals surface area contributed by atoms with Crippen LogP contribution in [0, 0.1) is 0 Å². The van der Waals surface area contributed by atoms with Crippen LogP contribution < -0.4 is 4.74 Å². The van der Waals surface area contributed by atoms with E-state index in [0.717, 1.165) is 93.6 Å². The molecule has 0 bridgehead atoms. The number of methoxy groups -OCH3 is 1. The third-order valence-electron chi connectivity index (χ3n) is 7.99. The second-order valence-electron chi connectivity index (χ2n) is 10.2. The molecule has 200 valence electrons. The van der Waals surface area contributed by atoms with Gasteiger partial charge >= 0.3 is 0 Å². The van der Waals surface area contributed by atoms with Crippen molar-refractivity contribution in [1.82, 2.24) is 24.5 Å². The molecular formula is C27H37N5O4S. The summed E-state index contributed by atoms with van der Waals surface area (Å²) in [4.78, 5) is 21.9. The number of hydrogen-bond acceptors (Lipinski definition) is 8. The molecular weight excluding hydrogens is 490 g/mol. The number of nitrogens with zero attached hydrogens (tertiary/aromatic N) is 5. The zero-order valence-electron chi connectivity index (χ0n) is 21.7. The lowest BCUT2D eigenvalue weighted by atomic mass is 10.0. The largest absolute Gasteiger partial charge is 0.497 e. The van der Waals surface area contributed by atoms with Crippen LogP contribution in [0.4, 0.5) is 0 Å². The number of piperidine rings is 1. The lowest BCUT2D eigenvalue weighted by Crippen LogP contribution is -2.44. The SMILES string of the molecule is COc1ccc2c(c1)-c1c(c(C(=O)N3CCOCC3)nn1C1CCCN(CCN3CCOCC3)C1)CS2. The summed E-state index contributed by atoms with van der Waals surface area (Å²) in [6.45, 7) is 10.3. The number of morpholine rings is 2. The highest BCUT2D eigenvalue weighted by molar-refractivity contribution is 7.98. The van der Waals surface area contributed by atoms with Crippen LogP contribution in [0.15, 0.2) is 23.1 Å². The molecule has 10 heteroatoms. The standard InChI is InChI=1S/C27H37N5O4S/c1-34-21-4-5-24-22(17-21)26-23(19-37-24)25(27(33)31-11-15-36-16-12-31)28-32(26)20-3-2-6-30(18-20)8-7-29-9-13-35-14-10-29/h4-5,17,20H,2-3,6-16,18-19H2,1H3. The molecule has 0 aliphatic carbocycles. The van der Waals surface area contributed by atoms with Gasteiger partial charge in [0, 0.05) is 67.6 Å². The smallest absolute Gasteiger partial charge is 0.274 e. The molecule has 0 saturated carbocycles. The summed E-state index contributed by atoms with van der Waals surface area (Å²) < 4.78 is 18.8. The first kappa shape index (κ1) is 25.2. The molecule has 6 rings (SSSR count). The summed E-state index contributed by atoms with van der Waals surface area (Å²) in [6.07, 6.45) is 2.20. The van der Waals surface area contributed by atoms with Gasteiger partial charge in [-0.2, -0.15) is 5.10 Å². The molecule has 0 spiro atoms. The van der Waals surface area contributed by atoms with E-state index >= 15 is 0 Å². The number of carbonyl (C=O) groups is 1. The molecule has 1 atom stereocenters. The molecule has 1 aromatic carbocycles. The van der Waals surface area contributed by atoms with Gasteiger partial charge < -0.3 is 19.1 Å². The van der Waals surface area contributed by atoms with Crippen LogP contribution >= 0.6 is 11.8 Å². The molecule has 0 radical (unpaired) electrons. The van der Waals surface area contributed by atoms with Gasteiger partial charge in [-0.25, -0.2) is 0 Å². The second kappa shape index (κ2) is 11.3. The Morgan fingerprint density at radius 1 is 1.05 bits per heavy atom. The number of ether oxygens (including phenoxy) is 3. The van der Waals surface area contributed by atoms with Crippen LogP contribution in [-0.4, -0.2) is 116 Å². The van der Waals surface area contributed by atoms with E-state index in [0.29, 0.717) is 32.0 Å². The van der Waals surface area contributed by atoms with Crippen LogP contribution in [0.1, 0.15) is 34.9 Å². The Kier molecular flexibility index (Phi) is 7.71. The number of likely N-dealkylation sites (tertiary alicyclic amines) is 1. The van der Waals surface area contributed by atoms with Crippen molar-refractivity contribution in [2.24, 2.45) is 0 Å². The highest BCUT2D eigenvalue weighted by Gasteiger charge is 2.35. The minimum absolute atomic E-state index is 0.0326. The maximum atomic E-state index is 13.7. The predicted molar refractivity (Wildman–Crippen MR) is 142 cm³/mol. The Morgan fingerprint density at radius 3 is 2.59 bits per heavy atom. The number of thioether (sulfide) groups is 1. The number of amides is 1. The number of benzene rings is 1. The molecule has 3 saturated heterocycles. The lowest BCUT2D eigenvalue weighted by molar-refractivity contribution is 0.0294. The first-order chi connectivity index (χ1) is 18.2. The van der Waals surface area contributed by atoms with E-state index in [9.17, 15) is 4.79 Å². The first-order valence-electron chi connectivity index (χ1n) is 13.5. The molecule has 4 aliphatic heterocycles. The van der Waals surface area contributed by atoms with Crippen LogP contribution in [-0.2, 0) is 15.2 Å². The molecule has 2 aromatic rings. The predicted octanol–water partition coefficient (Wildman–Crippen LogP) is 2.61. The average molecular weight is 528 g/mol. The topological polar surface area (TPSA) is 72.3 Å². The van der Waals surface area contributed by atoms with Gasteiger partial charge in [-0.05, 0) is 37.6 Å². The van der Waals surface area contributed by atoms with E-state index in [4.69, 9.17) is 19.3 Å². The van der Waals surface area contributed by atoms with Crippen LogP contribution in [0.2, 0.25) is 0 Å². The van der Waals surface area contributed by atoms with Gasteiger partial charge in [-0.3, -0.25) is 19.3 Å². The summed E-state index contributed by atoms with van der Waals surface area (Å²) in [5, 5.41) is 5.11. The third-order valence-corrected chi connectivity index (χ3v) is 9.09. The fraction of sp³-hybridized carbons (Fsp3) is 0.630. The maximum absolute atomic E-state index is 13.7. The van der Waals surface area contributed by atoms with Crippen molar-refractivity contribution in [1.29, 1.82) is 0 Å². The second-order valence-corrected chi connectivity index (χ2v) is 11.2. The van der Waals surface area contributed by atoms with Crippen molar-refractivity contribution in [3.63, 3.8) is 0 Å². The van der Waals surface area contributed by atoms with Crippen molar-refractivity contribution in [3.05, 3.63) is 29.5 Å². The van der Waals surface area contributed by atoms with Crippen molar-refractivity contribution >= 4 is 17.7 Å². The quantitative estimate of drug-likeness (QED) is 0.568. The van der Waals surface area contributed by atoms with Gasteiger partial charge in [0.1, 0.15) is 5.75 Å². The summed E-state index contributed by atoms with van der Waals surface area (Å²) in [5.41, 5.74) is 3.91. The molecule has 1 aromatic heterocycles. The van der Waals surface area contributed by atoms with Gasteiger partial charge in [-0.1, -0.05) is 0 Å². The van der Waals surface area contributed by atoms with E-state index in [1.807, 2.05) is 11.0 Å². The van der Waals surface area contributed by atoms with Gasteiger partial charge in [-0.15, -0.1) is 11.8 Å². The average Bonchev–Trinajstić information content (AvgIpc) is 3.37. The van der Waals surface area contributed by atoms with E-state index in [-0.39, 0.29) is 11.9 Å². The van der Waals surface area contributed by atoms with Crippen molar-refractivity contribution in [2.45, 2.75) is 29.5 Å². The number of hydrogen-bond donors (Lipinski definition) is 0. The number of carbonyl (C=O) groups excluding carboxylic acids is 1. The molecule has 9 nitrogen and oxygen atoms in total. The zero-order valence-corrected chi connectivity index (χ0v) is 22.5. The Balaban J connectivity index is 1.31. The maximum Gasteiger partial charge on any atom is 0.274 e. The lowest BCUT2D eigenvalue weighted by Gasteiger charge is -2.36. The number of aromatic nitrogens is 2. The fourth-order valence-electron chi connectivity index (χ4n) is 5.88. The van der Waals surface area contributed by atoms with E-state index in [1.165, 1.54) is 4.90 Å². The number of rotatable bonds is 6. The van der Waals surface area contributed by atoms with E-state index in [1.54, 1.807) is 18.9 Å². The fourth-order valence-corrected chi connectivity index (χ4v) is 6.93. The Bertz CT molecular complexity index is 1110. The van der Waals surface area contributed by atoms with Crippen molar-refractivity contribution in [3.8, 4) is 17.0 Å². The highest BCUT2D eigenvalue weighted by Crippen LogP contribution is 2.46. The van der Waals surface area contributed by atoms with Gasteiger partial charge in [0.25, 0.3) is 5.91 Å². The minimum Gasteiger partial charge on any atom is -0.497 e. The monoisotopic (exact) mass is 527 g/mol. The molecule has 0 N–H and O–H groups in total. The molecule has 3 fully saturated rings. The molecule has 1 amide bonds. The van der Waals surface area contributed by atoms with E-state index in [2.05, 4.69) is 26.6 Å². The Hall–Kier alpha value is -2.11. The first-order valence-corrected chi connectivity index (χ1v) is 14.5. The van der Waals surface area contributed by atoms with E-state index < -0.39 is 0 Å². The minimum atomic E-state index is 0.0326. The summed E-state index contributed by atoms with van der Waals surface area (Å²) >= 11 is 1.78. The molecule has 1 unspecified atom stereocenters. The normalized spacial score (nSPS) is 22.9. The van der Waals surface area contributed by atoms with Crippen LogP contribution in [0.25, 0.3) is 11.3 Å². The number of fused-ring (bicyclic) bond motifs is 3. The van der Waals surface area contributed by atoms with Gasteiger partial charge in [0.2, 0.25) is 0 Å². The highest BCUT2D eigenvalue weighted by atomic mass is 32.2. The summed E-state index contributed by atoms with van der Waals surface area (Å²) in [7, 11) is 1.71. The Morgan fingerprint density at radius 2 is 1.81 bits per heavy atom. The summed E-state index contributed by atoms with van der Waals surface area (Å²) in [6, 6.07) is 6.50. The van der Waals surface area contributed by atoms with Crippen molar-refractivity contribution in [2.75, 3.05) is 85.9 Å². The van der Waals surface area contributed by atoms with Crippen molar-refractivity contribution < 1.29 is 19.0 Å². The third kappa shape index (κ3) is 5.27. The van der Waals surface area contributed by atoms with Crippen LogP contribution in [0.3, 0.4) is 0 Å². The Labute approximate surface area is 223 Å². The molecule has 5 heterocycles. The van der Waals surface area contributed by atoms with Gasteiger partial charge in [0.05, 0.1) is 45.3 Å². The van der Waals surface area contributed by atoms with Gasteiger partial charge in [0.15, 0.2) is 5.69 Å².